The van der Waals surface area contributed by atoms with E-state index in [1.165, 1.54) is 11.5 Å². The van der Waals surface area contributed by atoms with Crippen LogP contribution < -0.4 is 0 Å². The molecule has 2 nitrogen and oxygen atoms in total. The Labute approximate surface area is 60.8 Å². The summed E-state index contributed by atoms with van der Waals surface area (Å²) < 4.78 is 5.42. The third-order valence-electron chi connectivity index (χ3n) is 1.94. The molecule has 0 aromatic heterocycles. The van der Waals surface area contributed by atoms with E-state index in [2.05, 4.69) is 24.1 Å². The molecule has 0 bridgehead atoms. The Kier molecular flexibility index (Phi) is 1.19. The molecule has 0 saturated carbocycles. The zero-order valence-corrected chi connectivity index (χ0v) is 6.13. The van der Waals surface area contributed by atoms with E-state index in [4.69, 9.17) is 4.74 Å². The van der Waals surface area contributed by atoms with Gasteiger partial charge in [0.15, 0.2) is 6.73 Å². The first-order chi connectivity index (χ1) is 4.88. The molecule has 2 aliphatic rings. The van der Waals surface area contributed by atoms with Crippen LogP contribution in [0.15, 0.2) is 23.6 Å². The van der Waals surface area contributed by atoms with Crippen molar-refractivity contribution in [3.8, 4) is 0 Å². The topological polar surface area (TPSA) is 12.5 Å². The molecule has 0 unspecified atom stereocenters. The van der Waals surface area contributed by atoms with E-state index in [1.807, 2.05) is 0 Å². The van der Waals surface area contributed by atoms with E-state index in [9.17, 15) is 0 Å². The van der Waals surface area contributed by atoms with Gasteiger partial charge < -0.3 is 9.64 Å². The molecule has 0 N–H and O–H groups in total. The molecule has 0 aromatic carbocycles. The monoisotopic (exact) mass is 137 g/mol. The van der Waals surface area contributed by atoms with E-state index in [1.54, 1.807) is 0 Å². The van der Waals surface area contributed by atoms with Crippen molar-refractivity contribution in [1.82, 2.24) is 4.90 Å². The van der Waals surface area contributed by atoms with Gasteiger partial charge in [-0.3, -0.25) is 0 Å². The highest BCUT2D eigenvalue weighted by atomic mass is 16.5. The standard InChI is InChI=1S/C8H11NO/c1-9-6-10-8-5-3-2-4-7(8)9/h2,4H,3,5-6H2,1H3. The van der Waals surface area contributed by atoms with Crippen LogP contribution in [0, 0.1) is 0 Å². The average Bonchev–Trinajstić information content (AvgIpc) is 2.34. The van der Waals surface area contributed by atoms with Crippen molar-refractivity contribution in [2.75, 3.05) is 13.8 Å². The number of nitrogens with zero attached hydrogens (tertiary/aromatic N) is 1. The van der Waals surface area contributed by atoms with E-state index in [-0.39, 0.29) is 0 Å². The van der Waals surface area contributed by atoms with E-state index in [0.29, 0.717) is 0 Å². The number of allylic oxidation sites excluding steroid dienone is 3. The zero-order chi connectivity index (χ0) is 6.97. The van der Waals surface area contributed by atoms with Crippen LogP contribution in [0.3, 0.4) is 0 Å². The Morgan fingerprint density at radius 1 is 1.60 bits per heavy atom. The second-order valence-electron chi connectivity index (χ2n) is 2.72. The number of ether oxygens (including phenoxy) is 1. The van der Waals surface area contributed by atoms with Crippen LogP contribution in [0.4, 0.5) is 0 Å². The molecule has 1 aliphatic heterocycles. The maximum atomic E-state index is 5.42. The van der Waals surface area contributed by atoms with Gasteiger partial charge in [-0.15, -0.1) is 0 Å². The van der Waals surface area contributed by atoms with Crippen LogP contribution in [-0.2, 0) is 4.74 Å². The Morgan fingerprint density at radius 2 is 2.50 bits per heavy atom. The van der Waals surface area contributed by atoms with Gasteiger partial charge in [-0.05, 0) is 12.5 Å². The Morgan fingerprint density at radius 3 is 3.30 bits per heavy atom. The van der Waals surface area contributed by atoms with Crippen molar-refractivity contribution in [3.05, 3.63) is 23.6 Å². The summed E-state index contributed by atoms with van der Waals surface area (Å²) in [5, 5.41) is 0. The molecule has 2 rings (SSSR count). The number of likely N-dealkylation sites (N-methyl/N-ethyl adjacent to an activating group) is 1. The predicted molar refractivity (Wildman–Crippen MR) is 39.1 cm³/mol. The highest BCUT2D eigenvalue weighted by Gasteiger charge is 2.19. The number of hydrogen-bond acceptors (Lipinski definition) is 2. The van der Waals surface area contributed by atoms with Gasteiger partial charge in [0, 0.05) is 13.5 Å². The van der Waals surface area contributed by atoms with Gasteiger partial charge in [0.25, 0.3) is 0 Å². The van der Waals surface area contributed by atoms with Gasteiger partial charge in [-0.2, -0.15) is 0 Å². The summed E-state index contributed by atoms with van der Waals surface area (Å²) in [5.41, 5.74) is 1.27. The fourth-order valence-electron chi connectivity index (χ4n) is 1.36. The van der Waals surface area contributed by atoms with E-state index >= 15 is 0 Å². The molecular formula is C8H11NO. The lowest BCUT2D eigenvalue weighted by molar-refractivity contribution is 0.163. The molecule has 2 heteroatoms. The molecule has 0 aromatic rings. The van der Waals surface area contributed by atoms with Gasteiger partial charge in [0.05, 0.1) is 5.70 Å². The van der Waals surface area contributed by atoms with Crippen molar-refractivity contribution in [1.29, 1.82) is 0 Å². The average molecular weight is 137 g/mol. The first-order valence-corrected chi connectivity index (χ1v) is 3.61. The van der Waals surface area contributed by atoms with Crippen LogP contribution in [0.1, 0.15) is 12.8 Å². The summed E-state index contributed by atoms with van der Waals surface area (Å²) in [6.07, 6.45) is 6.55. The minimum Gasteiger partial charge on any atom is -0.475 e. The van der Waals surface area contributed by atoms with Crippen molar-refractivity contribution < 1.29 is 4.74 Å². The summed E-state index contributed by atoms with van der Waals surface area (Å²) in [4.78, 5) is 2.13. The lowest BCUT2D eigenvalue weighted by atomic mass is 10.1. The third kappa shape index (κ3) is 0.719. The Balaban J connectivity index is 2.30. The fraction of sp³-hybridized carbons (Fsp3) is 0.500. The molecule has 1 aliphatic carbocycles. The molecule has 54 valence electrons. The Hall–Kier alpha value is -0.920. The lowest BCUT2D eigenvalue weighted by Crippen LogP contribution is -2.12. The SMILES string of the molecule is CN1COC2=C1C=CCC2. The molecule has 0 spiro atoms. The second-order valence-corrected chi connectivity index (χ2v) is 2.72. The van der Waals surface area contributed by atoms with Gasteiger partial charge in [0.1, 0.15) is 5.76 Å². The highest BCUT2D eigenvalue weighted by Crippen LogP contribution is 2.26. The normalized spacial score (nSPS) is 23.1. The first kappa shape index (κ1) is 5.83. The maximum absolute atomic E-state index is 5.42. The quantitative estimate of drug-likeness (QED) is 0.501. The van der Waals surface area contributed by atoms with Gasteiger partial charge >= 0.3 is 0 Å². The third-order valence-corrected chi connectivity index (χ3v) is 1.94. The largest absolute Gasteiger partial charge is 0.475 e. The van der Waals surface area contributed by atoms with Crippen LogP contribution in [0.5, 0.6) is 0 Å². The molecular weight excluding hydrogens is 126 g/mol. The lowest BCUT2D eigenvalue weighted by Gasteiger charge is -2.10. The summed E-state index contributed by atoms with van der Waals surface area (Å²) in [7, 11) is 2.05. The summed E-state index contributed by atoms with van der Waals surface area (Å²) in [6, 6.07) is 0. The van der Waals surface area contributed by atoms with E-state index in [0.717, 1.165) is 19.6 Å². The van der Waals surface area contributed by atoms with Crippen LogP contribution in [0.2, 0.25) is 0 Å². The van der Waals surface area contributed by atoms with Crippen LogP contribution in [-0.4, -0.2) is 18.7 Å². The number of rotatable bonds is 0. The van der Waals surface area contributed by atoms with E-state index < -0.39 is 0 Å². The van der Waals surface area contributed by atoms with Crippen molar-refractivity contribution in [2.45, 2.75) is 12.8 Å². The van der Waals surface area contributed by atoms with Gasteiger partial charge in [-0.25, -0.2) is 0 Å². The van der Waals surface area contributed by atoms with Crippen LogP contribution in [0.25, 0.3) is 0 Å². The zero-order valence-electron chi connectivity index (χ0n) is 6.13. The first-order valence-electron chi connectivity index (χ1n) is 3.61. The highest BCUT2D eigenvalue weighted by molar-refractivity contribution is 5.26. The Bertz CT molecular complexity index is 205. The summed E-state index contributed by atoms with van der Waals surface area (Å²) >= 11 is 0. The molecule has 0 amide bonds. The minimum absolute atomic E-state index is 0.731. The molecule has 10 heavy (non-hydrogen) atoms. The molecule has 0 fully saturated rings. The van der Waals surface area contributed by atoms with Crippen molar-refractivity contribution in [2.24, 2.45) is 0 Å². The number of hydrogen-bond donors (Lipinski definition) is 0. The minimum atomic E-state index is 0.731. The van der Waals surface area contributed by atoms with Gasteiger partial charge in [0.2, 0.25) is 0 Å². The summed E-state index contributed by atoms with van der Waals surface area (Å²) in [6.45, 7) is 0.731. The van der Waals surface area contributed by atoms with Crippen molar-refractivity contribution >= 4 is 0 Å². The summed E-state index contributed by atoms with van der Waals surface area (Å²) in [5.74, 6) is 1.17. The fourth-order valence-corrected chi connectivity index (χ4v) is 1.36. The second kappa shape index (κ2) is 2.04. The van der Waals surface area contributed by atoms with Gasteiger partial charge in [-0.1, -0.05) is 6.08 Å². The molecule has 0 saturated heterocycles. The maximum Gasteiger partial charge on any atom is 0.160 e. The molecule has 0 radical (unpaired) electrons. The predicted octanol–water partition coefficient (Wildman–Crippen LogP) is 1.47. The molecule has 1 heterocycles. The smallest absolute Gasteiger partial charge is 0.160 e. The van der Waals surface area contributed by atoms with Crippen LogP contribution >= 0.6 is 0 Å². The van der Waals surface area contributed by atoms with Crippen molar-refractivity contribution in [3.63, 3.8) is 0 Å². The molecule has 0 atom stereocenters.